The van der Waals surface area contributed by atoms with E-state index in [2.05, 4.69) is 5.32 Å². The number of aromatic carboxylic acids is 1. The molecule has 2 N–H and O–H groups in total. The van der Waals surface area contributed by atoms with Gasteiger partial charge in [0.1, 0.15) is 11.5 Å². The van der Waals surface area contributed by atoms with Crippen LogP contribution in [0.5, 0.6) is 11.5 Å². The number of carbonyl (C=O) groups excluding carboxylic acids is 2. The van der Waals surface area contributed by atoms with Crippen molar-refractivity contribution in [1.82, 2.24) is 0 Å². The molecule has 1 heterocycles. The molecule has 0 spiro atoms. The van der Waals surface area contributed by atoms with Gasteiger partial charge in [0.25, 0.3) is 5.91 Å². The Bertz CT molecular complexity index is 911. The zero-order chi connectivity index (χ0) is 20.1. The number of carboxylic acids is 1. The van der Waals surface area contributed by atoms with Gasteiger partial charge >= 0.3 is 5.97 Å². The number of anilines is 2. The van der Waals surface area contributed by atoms with Crippen molar-refractivity contribution >= 4 is 29.2 Å². The summed E-state index contributed by atoms with van der Waals surface area (Å²) in [5.74, 6) is -0.801. The number of methoxy groups -OCH3 is 1. The smallest absolute Gasteiger partial charge is 0.337 e. The summed E-state index contributed by atoms with van der Waals surface area (Å²) in [6.07, 6.45) is 1.35. The minimum absolute atomic E-state index is 0.0654. The van der Waals surface area contributed by atoms with E-state index in [0.29, 0.717) is 24.5 Å². The summed E-state index contributed by atoms with van der Waals surface area (Å²) in [5, 5.41) is 11.8. The summed E-state index contributed by atoms with van der Waals surface area (Å²) in [7, 11) is 1.43. The van der Waals surface area contributed by atoms with Gasteiger partial charge in [0.15, 0.2) is 6.61 Å². The third-order valence-corrected chi connectivity index (χ3v) is 4.30. The van der Waals surface area contributed by atoms with Crippen molar-refractivity contribution in [1.29, 1.82) is 0 Å². The molecule has 0 radical (unpaired) electrons. The molecule has 1 aliphatic rings. The first-order valence-corrected chi connectivity index (χ1v) is 8.72. The van der Waals surface area contributed by atoms with Gasteiger partial charge in [0.05, 0.1) is 18.4 Å². The Kier molecular flexibility index (Phi) is 5.78. The second-order valence-electron chi connectivity index (χ2n) is 6.20. The van der Waals surface area contributed by atoms with E-state index < -0.39 is 11.9 Å². The van der Waals surface area contributed by atoms with E-state index in [1.165, 1.54) is 19.2 Å². The molecule has 8 nitrogen and oxygen atoms in total. The monoisotopic (exact) mass is 384 g/mol. The van der Waals surface area contributed by atoms with Crippen LogP contribution in [0.25, 0.3) is 0 Å². The molecule has 2 aromatic carbocycles. The number of benzene rings is 2. The molecule has 0 aromatic heterocycles. The van der Waals surface area contributed by atoms with Crippen LogP contribution in [0, 0.1) is 0 Å². The predicted octanol–water partition coefficient (Wildman–Crippen LogP) is 2.54. The summed E-state index contributed by atoms with van der Waals surface area (Å²) in [6.45, 7) is 0.362. The standard InChI is InChI=1S/C20H20N2O6/c1-27-14-7-8-17(16(11-14)20(25)26)21-18(23)12-28-15-5-2-4-13(10-15)22-9-3-6-19(22)24/h2,4-5,7-8,10-11H,3,6,9,12H2,1H3,(H,21,23)(H,25,26). The van der Waals surface area contributed by atoms with Crippen molar-refractivity contribution in [3.8, 4) is 11.5 Å². The molecule has 0 bridgehead atoms. The lowest BCUT2D eigenvalue weighted by Gasteiger charge is -2.16. The SMILES string of the molecule is COc1ccc(NC(=O)COc2cccc(N3CCCC3=O)c2)c(C(=O)O)c1. The average molecular weight is 384 g/mol. The van der Waals surface area contributed by atoms with Gasteiger partial charge in [-0.2, -0.15) is 0 Å². The van der Waals surface area contributed by atoms with E-state index in [0.717, 1.165) is 12.1 Å². The van der Waals surface area contributed by atoms with Crippen LogP contribution in [0.2, 0.25) is 0 Å². The van der Waals surface area contributed by atoms with Crippen LogP contribution in [-0.2, 0) is 9.59 Å². The Morgan fingerprint density at radius 3 is 2.68 bits per heavy atom. The molecule has 1 fully saturated rings. The molecule has 0 saturated carbocycles. The lowest BCUT2D eigenvalue weighted by molar-refractivity contribution is -0.118. The quantitative estimate of drug-likeness (QED) is 0.760. The first kappa shape index (κ1) is 19.2. The Balaban J connectivity index is 1.64. The van der Waals surface area contributed by atoms with Gasteiger partial charge < -0.3 is 24.8 Å². The number of carbonyl (C=O) groups is 3. The molecular formula is C20H20N2O6. The second kappa shape index (κ2) is 8.43. The van der Waals surface area contributed by atoms with Crippen LogP contribution < -0.4 is 19.7 Å². The predicted molar refractivity (Wildman–Crippen MR) is 102 cm³/mol. The van der Waals surface area contributed by atoms with Gasteiger partial charge in [-0.1, -0.05) is 6.07 Å². The summed E-state index contributed by atoms with van der Waals surface area (Å²) in [6, 6.07) is 11.3. The minimum Gasteiger partial charge on any atom is -0.497 e. The topological polar surface area (TPSA) is 105 Å². The molecular weight excluding hydrogens is 364 g/mol. The number of carboxylic acid groups (broad SMARTS) is 1. The summed E-state index contributed by atoms with van der Waals surface area (Å²) in [4.78, 5) is 37.1. The highest BCUT2D eigenvalue weighted by Crippen LogP contribution is 2.26. The molecule has 2 amide bonds. The number of rotatable bonds is 7. The van der Waals surface area contributed by atoms with Gasteiger partial charge in [-0.25, -0.2) is 4.79 Å². The normalized spacial score (nSPS) is 13.3. The Hall–Kier alpha value is -3.55. The van der Waals surface area contributed by atoms with Crippen LogP contribution in [0.4, 0.5) is 11.4 Å². The molecule has 0 unspecified atom stereocenters. The van der Waals surface area contributed by atoms with Crippen molar-refractivity contribution < 1.29 is 29.0 Å². The van der Waals surface area contributed by atoms with Crippen molar-refractivity contribution in [2.45, 2.75) is 12.8 Å². The van der Waals surface area contributed by atoms with Crippen molar-refractivity contribution in [2.75, 3.05) is 30.5 Å². The van der Waals surface area contributed by atoms with Gasteiger partial charge in [-0.15, -0.1) is 0 Å². The number of hydrogen-bond acceptors (Lipinski definition) is 5. The number of nitrogens with zero attached hydrogens (tertiary/aromatic N) is 1. The van der Waals surface area contributed by atoms with Crippen LogP contribution in [-0.4, -0.2) is 43.2 Å². The largest absolute Gasteiger partial charge is 0.497 e. The van der Waals surface area contributed by atoms with Gasteiger partial charge in [0.2, 0.25) is 5.91 Å². The summed E-state index contributed by atoms with van der Waals surface area (Å²) >= 11 is 0. The van der Waals surface area contributed by atoms with Crippen LogP contribution >= 0.6 is 0 Å². The number of ether oxygens (including phenoxy) is 2. The van der Waals surface area contributed by atoms with E-state index in [9.17, 15) is 19.5 Å². The van der Waals surface area contributed by atoms with Crippen LogP contribution in [0.1, 0.15) is 23.2 Å². The fourth-order valence-corrected chi connectivity index (χ4v) is 2.93. The lowest BCUT2D eigenvalue weighted by Crippen LogP contribution is -2.24. The third kappa shape index (κ3) is 4.40. The molecule has 3 rings (SSSR count). The molecule has 0 aliphatic carbocycles. The van der Waals surface area contributed by atoms with Crippen LogP contribution in [0.15, 0.2) is 42.5 Å². The Morgan fingerprint density at radius 2 is 2.00 bits per heavy atom. The van der Waals surface area contributed by atoms with E-state index in [1.807, 2.05) is 6.07 Å². The number of nitrogens with one attached hydrogen (secondary N) is 1. The first-order valence-electron chi connectivity index (χ1n) is 8.72. The summed E-state index contributed by atoms with van der Waals surface area (Å²) in [5.41, 5.74) is 0.796. The van der Waals surface area contributed by atoms with E-state index in [4.69, 9.17) is 9.47 Å². The van der Waals surface area contributed by atoms with E-state index in [-0.39, 0.29) is 23.8 Å². The van der Waals surface area contributed by atoms with Crippen LogP contribution in [0.3, 0.4) is 0 Å². The van der Waals surface area contributed by atoms with Crippen molar-refractivity contribution in [3.63, 3.8) is 0 Å². The molecule has 1 saturated heterocycles. The first-order chi connectivity index (χ1) is 13.5. The highest BCUT2D eigenvalue weighted by molar-refractivity contribution is 6.01. The van der Waals surface area contributed by atoms with Gasteiger partial charge in [0, 0.05) is 24.7 Å². The molecule has 0 atom stereocenters. The van der Waals surface area contributed by atoms with E-state index >= 15 is 0 Å². The van der Waals surface area contributed by atoms with Crippen molar-refractivity contribution in [3.05, 3.63) is 48.0 Å². The van der Waals surface area contributed by atoms with Gasteiger partial charge in [-0.05, 0) is 36.8 Å². The molecule has 2 aromatic rings. The highest BCUT2D eigenvalue weighted by Gasteiger charge is 2.22. The zero-order valence-corrected chi connectivity index (χ0v) is 15.3. The average Bonchev–Trinajstić information content (AvgIpc) is 3.12. The fraction of sp³-hybridized carbons (Fsp3) is 0.250. The number of amides is 2. The third-order valence-electron chi connectivity index (χ3n) is 4.30. The zero-order valence-electron chi connectivity index (χ0n) is 15.3. The highest BCUT2D eigenvalue weighted by atomic mass is 16.5. The maximum atomic E-state index is 12.2. The maximum Gasteiger partial charge on any atom is 0.337 e. The molecule has 8 heteroatoms. The minimum atomic E-state index is -1.18. The summed E-state index contributed by atoms with van der Waals surface area (Å²) < 4.78 is 10.5. The Morgan fingerprint density at radius 1 is 1.18 bits per heavy atom. The fourth-order valence-electron chi connectivity index (χ4n) is 2.93. The van der Waals surface area contributed by atoms with Gasteiger partial charge in [-0.3, -0.25) is 9.59 Å². The molecule has 146 valence electrons. The lowest BCUT2D eigenvalue weighted by atomic mass is 10.1. The molecule has 28 heavy (non-hydrogen) atoms. The van der Waals surface area contributed by atoms with E-state index in [1.54, 1.807) is 29.2 Å². The second-order valence-corrected chi connectivity index (χ2v) is 6.20. The Labute approximate surface area is 161 Å². The van der Waals surface area contributed by atoms with Crippen molar-refractivity contribution in [2.24, 2.45) is 0 Å². The number of hydrogen-bond donors (Lipinski definition) is 2. The molecule has 1 aliphatic heterocycles. The maximum absolute atomic E-state index is 12.2.